The van der Waals surface area contributed by atoms with Gasteiger partial charge in [0.05, 0.1) is 6.04 Å². The number of hydrogen-bond acceptors (Lipinski definition) is 7. The second kappa shape index (κ2) is 14.3. The van der Waals surface area contributed by atoms with Gasteiger partial charge in [-0.25, -0.2) is 4.99 Å². The van der Waals surface area contributed by atoms with Gasteiger partial charge in [0.25, 0.3) is 5.91 Å². The summed E-state index contributed by atoms with van der Waals surface area (Å²) >= 11 is 14.1. The predicted molar refractivity (Wildman–Crippen MR) is 220 cm³/mol. The van der Waals surface area contributed by atoms with E-state index in [2.05, 4.69) is 81.5 Å². The maximum atomic E-state index is 14.8. The van der Waals surface area contributed by atoms with Gasteiger partial charge >= 0.3 is 0 Å². The predicted octanol–water partition coefficient (Wildman–Crippen LogP) is 8.93. The van der Waals surface area contributed by atoms with Crippen molar-refractivity contribution in [3.05, 3.63) is 80.3 Å². The van der Waals surface area contributed by atoms with E-state index >= 15 is 0 Å². The first kappa shape index (κ1) is 38.9. The topological polar surface area (TPSA) is 68.7 Å². The largest absolute Gasteiger partial charge is 0.416 e. The first-order chi connectivity index (χ1) is 25.0. The van der Waals surface area contributed by atoms with Crippen molar-refractivity contribution in [2.45, 2.75) is 109 Å². The molecule has 0 unspecified atom stereocenters. The fraction of sp³-hybridized carbons (Fsp3) is 0.585. The third-order valence-electron chi connectivity index (χ3n) is 12.7. The zero-order chi connectivity index (χ0) is 38.1. The molecule has 1 aliphatic carbocycles. The number of carbonyl (C=O) groups is 2. The van der Waals surface area contributed by atoms with Crippen LogP contribution in [0.15, 0.2) is 64.1 Å². The van der Waals surface area contributed by atoms with Gasteiger partial charge in [-0.3, -0.25) is 14.5 Å². The molecule has 0 bridgehead atoms. The highest BCUT2D eigenvalue weighted by molar-refractivity contribution is 8.18. The number of amides is 2. The molecule has 2 saturated heterocycles. The number of benzene rings is 2. The van der Waals surface area contributed by atoms with Crippen LogP contribution >= 0.6 is 35.0 Å². The number of thioether (sulfide) groups is 1. The third-order valence-corrected chi connectivity index (χ3v) is 18.8. The monoisotopic (exact) mass is 795 g/mol. The molecule has 53 heavy (non-hydrogen) atoms. The summed E-state index contributed by atoms with van der Waals surface area (Å²) in [6.07, 6.45) is 3.72. The number of rotatable bonds is 9. The molecule has 4 aliphatic heterocycles. The van der Waals surface area contributed by atoms with Crippen LogP contribution in [0.25, 0.3) is 0 Å². The normalized spacial score (nSPS) is 25.9. The molecule has 1 saturated carbocycles. The summed E-state index contributed by atoms with van der Waals surface area (Å²) in [4.78, 5) is 44.0. The molecule has 0 aromatic heterocycles. The average Bonchev–Trinajstić information content (AvgIpc) is 3.40. The molecule has 4 heterocycles. The molecule has 3 atom stereocenters. The quantitative estimate of drug-likeness (QED) is 0.236. The third kappa shape index (κ3) is 7.14. The van der Waals surface area contributed by atoms with Crippen molar-refractivity contribution in [2.75, 3.05) is 39.3 Å². The van der Waals surface area contributed by atoms with Crippen LogP contribution in [0.1, 0.15) is 84.4 Å². The van der Waals surface area contributed by atoms with Crippen LogP contribution in [-0.2, 0) is 19.6 Å². The van der Waals surface area contributed by atoms with E-state index in [4.69, 9.17) is 32.6 Å². The summed E-state index contributed by atoms with van der Waals surface area (Å²) in [5.41, 5.74) is 2.47. The number of amidine groups is 1. The summed E-state index contributed by atoms with van der Waals surface area (Å²) in [5, 5.41) is 2.33. The molecule has 12 heteroatoms. The molecular weight excluding hydrogens is 742 g/mol. The zero-order valence-electron chi connectivity index (χ0n) is 32.5. The zero-order valence-corrected chi connectivity index (χ0v) is 35.9. The van der Waals surface area contributed by atoms with E-state index in [0.29, 0.717) is 34.5 Å². The van der Waals surface area contributed by atoms with E-state index in [1.54, 1.807) is 0 Å². The van der Waals surface area contributed by atoms with Gasteiger partial charge in [-0.15, -0.1) is 0 Å². The van der Waals surface area contributed by atoms with Crippen molar-refractivity contribution in [2.24, 2.45) is 10.9 Å². The Balaban J connectivity index is 1.10. The van der Waals surface area contributed by atoms with Crippen molar-refractivity contribution in [1.82, 2.24) is 19.6 Å². The summed E-state index contributed by atoms with van der Waals surface area (Å²) in [6.45, 7) is 22.4. The minimum Gasteiger partial charge on any atom is -0.416 e. The van der Waals surface area contributed by atoms with Crippen LogP contribution in [0, 0.1) is 5.92 Å². The van der Waals surface area contributed by atoms with Crippen LogP contribution < -0.4 is 0 Å². The Kier molecular flexibility index (Phi) is 10.5. The lowest BCUT2D eigenvalue weighted by atomic mass is 9.81. The van der Waals surface area contributed by atoms with Gasteiger partial charge in [-0.2, -0.15) is 0 Å². The number of hydrogen-bond donors (Lipinski definition) is 0. The highest BCUT2D eigenvalue weighted by atomic mass is 35.5. The summed E-state index contributed by atoms with van der Waals surface area (Å²) in [5.74, 6) is 0.0788. The molecular formula is C41H55Cl2N5O3SSi. The van der Waals surface area contributed by atoms with Crippen LogP contribution in [0.2, 0.25) is 28.2 Å². The SMILES string of the molecule is CC(C)C1=C(C(=O)N2CCC[C@@H]2C(=O)N2CCN(CCO[Si](C)(C)C(C)(C)C)C3(CC3)C2)SC2=N[C@@](C)(c3ccc(Cl)cc3)[C@@H](c3ccc(Cl)cc3)N21. The fourth-order valence-electron chi connectivity index (χ4n) is 8.47. The van der Waals surface area contributed by atoms with E-state index in [9.17, 15) is 9.59 Å². The summed E-state index contributed by atoms with van der Waals surface area (Å²) < 4.78 is 6.53. The highest BCUT2D eigenvalue weighted by Gasteiger charge is 2.55. The molecule has 8 nitrogen and oxygen atoms in total. The highest BCUT2D eigenvalue weighted by Crippen LogP contribution is 2.56. The summed E-state index contributed by atoms with van der Waals surface area (Å²) in [6, 6.07) is 15.2. The Bertz CT molecular complexity index is 1810. The van der Waals surface area contributed by atoms with Gasteiger partial charge in [0.1, 0.15) is 16.5 Å². The number of fused-ring (bicyclic) bond motifs is 1. The second-order valence-corrected chi connectivity index (χ2v) is 24.2. The van der Waals surface area contributed by atoms with Gasteiger partial charge in [-0.05, 0) is 104 Å². The lowest BCUT2D eigenvalue weighted by molar-refractivity contribution is -0.144. The molecule has 0 N–H and O–H groups in total. The standard InChI is InChI=1S/C41H55Cl2N5O3SSi/c1-27(2)33-34(52-38-44-40(6,29-13-17-31(43)18-14-29)35(48(33)38)28-11-15-30(42)16-12-28)37(50)47-21-9-10-32(47)36(49)45-22-23-46(41(26-45)19-20-41)24-25-51-53(7,8)39(3,4)5/h11-18,27,32,35H,9-10,19-26H2,1-8H3/t32-,35-,40+/m1/s1. The van der Waals surface area contributed by atoms with E-state index in [-0.39, 0.29) is 34.4 Å². The fourth-order valence-corrected chi connectivity index (χ4v) is 11.1. The number of piperazine rings is 1. The summed E-state index contributed by atoms with van der Waals surface area (Å²) in [7, 11) is -1.82. The van der Waals surface area contributed by atoms with Gasteiger partial charge in [0.15, 0.2) is 13.5 Å². The van der Waals surface area contributed by atoms with E-state index in [0.717, 1.165) is 67.5 Å². The Hall–Kier alpha value is -2.34. The molecule has 7 rings (SSSR count). The minimum absolute atomic E-state index is 0.0386. The van der Waals surface area contributed by atoms with Crippen molar-refractivity contribution in [3.63, 3.8) is 0 Å². The Morgan fingerprint density at radius 2 is 1.64 bits per heavy atom. The average molecular weight is 797 g/mol. The molecule has 2 aromatic rings. The number of carbonyl (C=O) groups excluding carboxylic acids is 2. The first-order valence-electron chi connectivity index (χ1n) is 19.3. The molecule has 0 radical (unpaired) electrons. The Labute approximate surface area is 331 Å². The number of halogens is 2. The molecule has 3 fully saturated rings. The molecule has 2 amide bonds. The van der Waals surface area contributed by atoms with Gasteiger partial charge < -0.3 is 19.1 Å². The number of allylic oxidation sites excluding steroid dienone is 1. The number of nitrogens with zero attached hydrogens (tertiary/aromatic N) is 5. The van der Waals surface area contributed by atoms with Gasteiger partial charge in [-0.1, -0.05) is 82.1 Å². The lowest BCUT2D eigenvalue weighted by Crippen LogP contribution is -2.60. The number of aliphatic imine (C=N–C) groups is 1. The van der Waals surface area contributed by atoms with Crippen molar-refractivity contribution in [1.29, 1.82) is 0 Å². The number of likely N-dealkylation sites (tertiary alicyclic amines) is 1. The molecule has 5 aliphatic rings. The maximum Gasteiger partial charge on any atom is 0.263 e. The lowest BCUT2D eigenvalue weighted by Gasteiger charge is -2.44. The smallest absolute Gasteiger partial charge is 0.263 e. The van der Waals surface area contributed by atoms with Crippen molar-refractivity contribution >= 4 is 60.3 Å². The second-order valence-electron chi connectivity index (χ2n) is 17.6. The van der Waals surface area contributed by atoms with Gasteiger partial charge in [0, 0.05) is 60.6 Å². The van der Waals surface area contributed by atoms with E-state index in [1.807, 2.05) is 41.3 Å². The van der Waals surface area contributed by atoms with Crippen molar-refractivity contribution < 1.29 is 14.0 Å². The van der Waals surface area contributed by atoms with Crippen LogP contribution in [-0.4, -0.2) is 95.8 Å². The molecule has 1 spiro atoms. The Morgan fingerprint density at radius 1 is 1.00 bits per heavy atom. The molecule has 2 aromatic carbocycles. The van der Waals surface area contributed by atoms with E-state index < -0.39 is 19.9 Å². The van der Waals surface area contributed by atoms with Crippen LogP contribution in [0.3, 0.4) is 0 Å². The maximum absolute atomic E-state index is 14.8. The minimum atomic E-state index is -1.82. The van der Waals surface area contributed by atoms with Crippen LogP contribution in [0.5, 0.6) is 0 Å². The van der Waals surface area contributed by atoms with Gasteiger partial charge in [0.2, 0.25) is 5.91 Å². The Morgan fingerprint density at radius 3 is 2.25 bits per heavy atom. The first-order valence-corrected chi connectivity index (χ1v) is 23.8. The molecule has 286 valence electrons. The van der Waals surface area contributed by atoms with E-state index in [1.165, 1.54) is 11.8 Å². The van der Waals surface area contributed by atoms with Crippen molar-refractivity contribution in [3.8, 4) is 0 Å². The van der Waals surface area contributed by atoms with Crippen LogP contribution in [0.4, 0.5) is 0 Å².